The first-order valence-electron chi connectivity index (χ1n) is 13.6. The topological polar surface area (TPSA) is 88.6 Å². The maximum atomic E-state index is 12.0. The third kappa shape index (κ3) is 7.03. The smallest absolute Gasteiger partial charge is 0.306 e. The summed E-state index contributed by atoms with van der Waals surface area (Å²) in [5, 5.41) is 4.86. The van der Waals surface area contributed by atoms with Gasteiger partial charge < -0.3 is 18.6 Å². The van der Waals surface area contributed by atoms with Gasteiger partial charge in [-0.2, -0.15) is 5.10 Å². The second-order valence-electron chi connectivity index (χ2n) is 9.55. The summed E-state index contributed by atoms with van der Waals surface area (Å²) in [6.07, 6.45) is 2.84. The van der Waals surface area contributed by atoms with Gasteiger partial charge in [0.2, 0.25) is 5.89 Å². The van der Waals surface area contributed by atoms with Gasteiger partial charge in [-0.05, 0) is 79.9 Å². The molecule has 5 aromatic rings. The lowest BCUT2D eigenvalue weighted by Crippen LogP contribution is -2.05. The van der Waals surface area contributed by atoms with Gasteiger partial charge in [0.05, 0.1) is 26.0 Å². The van der Waals surface area contributed by atoms with Crippen LogP contribution in [0.1, 0.15) is 35.9 Å². The minimum absolute atomic E-state index is 0.214. The summed E-state index contributed by atoms with van der Waals surface area (Å²) in [6, 6.07) is 25.5. The summed E-state index contributed by atoms with van der Waals surface area (Å²) in [5.41, 5.74) is 5.57. The zero-order valence-electron chi connectivity index (χ0n) is 23.5. The highest BCUT2D eigenvalue weighted by molar-refractivity contribution is 5.71. The highest BCUT2D eigenvalue weighted by atomic mass is 16.5. The predicted molar refractivity (Wildman–Crippen MR) is 156 cm³/mol. The molecule has 0 aliphatic heterocycles. The number of carbonyl (C=O) groups excluding carboxylic acids is 1. The number of carbonyl (C=O) groups is 1. The van der Waals surface area contributed by atoms with E-state index in [9.17, 15) is 4.79 Å². The molecule has 0 unspecified atom stereocenters. The predicted octanol–water partition coefficient (Wildman–Crippen LogP) is 6.65. The third-order valence-corrected chi connectivity index (χ3v) is 6.66. The number of aryl methyl sites for hydroxylation is 2. The molecule has 0 saturated carbocycles. The van der Waals surface area contributed by atoms with Gasteiger partial charge in [-0.3, -0.25) is 9.48 Å². The number of hydrogen-bond donors (Lipinski definition) is 0. The van der Waals surface area contributed by atoms with E-state index in [0.29, 0.717) is 38.5 Å². The Labute approximate surface area is 239 Å². The fourth-order valence-corrected chi connectivity index (χ4v) is 4.48. The van der Waals surface area contributed by atoms with Crippen LogP contribution in [0, 0.1) is 6.92 Å². The summed E-state index contributed by atoms with van der Waals surface area (Å²) >= 11 is 0. The zero-order chi connectivity index (χ0) is 28.6. The highest BCUT2D eigenvalue weighted by Gasteiger charge is 2.15. The Bertz CT molecular complexity index is 1570. The van der Waals surface area contributed by atoms with Crippen molar-refractivity contribution in [1.29, 1.82) is 0 Å². The Morgan fingerprint density at radius 3 is 2.37 bits per heavy atom. The van der Waals surface area contributed by atoms with E-state index in [-0.39, 0.29) is 5.97 Å². The van der Waals surface area contributed by atoms with Crippen LogP contribution in [0.15, 0.2) is 89.5 Å². The Balaban J connectivity index is 1.26. The summed E-state index contributed by atoms with van der Waals surface area (Å²) in [6.45, 7) is 4.97. The molecule has 8 heteroatoms. The van der Waals surface area contributed by atoms with Crippen molar-refractivity contribution in [2.45, 2.75) is 39.8 Å². The molecule has 0 N–H and O–H groups in total. The average molecular weight is 552 g/mol. The fourth-order valence-electron chi connectivity index (χ4n) is 4.48. The van der Waals surface area contributed by atoms with Crippen LogP contribution in [0.3, 0.4) is 0 Å². The molecule has 0 aliphatic rings. The monoisotopic (exact) mass is 551 g/mol. The molecule has 41 heavy (non-hydrogen) atoms. The normalized spacial score (nSPS) is 10.9. The van der Waals surface area contributed by atoms with E-state index in [1.807, 2.05) is 104 Å². The van der Waals surface area contributed by atoms with Gasteiger partial charge in [-0.15, -0.1) is 0 Å². The lowest BCUT2D eigenvalue weighted by atomic mass is 10.0. The van der Waals surface area contributed by atoms with Crippen molar-refractivity contribution in [1.82, 2.24) is 14.8 Å². The summed E-state index contributed by atoms with van der Waals surface area (Å²) in [4.78, 5) is 16.6. The molecular formula is C33H33N3O5. The van der Waals surface area contributed by atoms with E-state index >= 15 is 0 Å². The van der Waals surface area contributed by atoms with Crippen LogP contribution >= 0.6 is 0 Å². The minimum Gasteiger partial charge on any atom is -0.497 e. The van der Waals surface area contributed by atoms with Gasteiger partial charge in [-0.25, -0.2) is 4.98 Å². The largest absolute Gasteiger partial charge is 0.497 e. The van der Waals surface area contributed by atoms with Crippen LogP contribution in [0.25, 0.3) is 22.7 Å². The van der Waals surface area contributed by atoms with Crippen LogP contribution in [0.5, 0.6) is 11.5 Å². The first-order chi connectivity index (χ1) is 20.0. The molecule has 0 amide bonds. The number of hydrogen-bond acceptors (Lipinski definition) is 7. The van der Waals surface area contributed by atoms with Gasteiger partial charge in [-0.1, -0.05) is 30.3 Å². The second-order valence-corrected chi connectivity index (χ2v) is 9.55. The zero-order valence-corrected chi connectivity index (χ0v) is 23.5. The molecule has 0 bridgehead atoms. The Kier molecular flexibility index (Phi) is 8.79. The molecule has 3 aromatic carbocycles. The van der Waals surface area contributed by atoms with E-state index in [1.165, 1.54) is 0 Å². The van der Waals surface area contributed by atoms with Crippen LogP contribution in [-0.2, 0) is 29.1 Å². The first-order valence-corrected chi connectivity index (χ1v) is 13.6. The Morgan fingerprint density at radius 1 is 0.927 bits per heavy atom. The van der Waals surface area contributed by atoms with Gasteiger partial charge in [0.25, 0.3) is 0 Å². The Morgan fingerprint density at radius 2 is 1.66 bits per heavy atom. The van der Waals surface area contributed by atoms with Gasteiger partial charge in [0, 0.05) is 23.7 Å². The highest BCUT2D eigenvalue weighted by Crippen LogP contribution is 2.27. The SMILES string of the molecule is CCOC(=O)CCc1cn(Cc2ccc(OCc3nc(-c4ccccc4)oc3C)cc2)nc1-c1ccc(OC)cc1. The second kappa shape index (κ2) is 13.0. The van der Waals surface area contributed by atoms with Crippen molar-refractivity contribution >= 4 is 5.97 Å². The Hall–Kier alpha value is -4.85. The summed E-state index contributed by atoms with van der Waals surface area (Å²) in [5.74, 6) is 2.64. The van der Waals surface area contributed by atoms with Crippen LogP contribution in [0.2, 0.25) is 0 Å². The molecule has 5 rings (SSSR count). The van der Waals surface area contributed by atoms with E-state index in [1.54, 1.807) is 7.11 Å². The maximum absolute atomic E-state index is 12.0. The quantitative estimate of drug-likeness (QED) is 0.161. The minimum atomic E-state index is -0.214. The molecule has 2 heterocycles. The summed E-state index contributed by atoms with van der Waals surface area (Å²) in [7, 11) is 1.64. The lowest BCUT2D eigenvalue weighted by Gasteiger charge is -2.07. The van der Waals surface area contributed by atoms with Crippen molar-refractivity contribution in [3.63, 3.8) is 0 Å². The standard InChI is InChI=1S/C33H33N3O5/c1-4-39-31(37)19-14-27-21-36(35-32(27)25-12-17-28(38-3)18-13-25)20-24-10-15-29(16-11-24)40-22-30-23(2)41-33(34-30)26-8-6-5-7-9-26/h5-13,15-18,21H,4,14,19-20,22H2,1-3H3. The first kappa shape index (κ1) is 27.7. The van der Waals surface area contributed by atoms with E-state index in [0.717, 1.165) is 50.9 Å². The van der Waals surface area contributed by atoms with E-state index in [4.69, 9.17) is 23.7 Å². The number of methoxy groups -OCH3 is 1. The molecule has 2 aromatic heterocycles. The van der Waals surface area contributed by atoms with Crippen molar-refractivity contribution in [2.75, 3.05) is 13.7 Å². The molecular weight excluding hydrogens is 518 g/mol. The van der Waals surface area contributed by atoms with E-state index < -0.39 is 0 Å². The molecule has 0 spiro atoms. The number of rotatable bonds is 12. The van der Waals surface area contributed by atoms with Crippen molar-refractivity contribution in [3.8, 4) is 34.2 Å². The number of ether oxygens (including phenoxy) is 3. The molecule has 0 radical (unpaired) electrons. The third-order valence-electron chi connectivity index (χ3n) is 6.66. The van der Waals surface area contributed by atoms with Gasteiger partial charge >= 0.3 is 5.97 Å². The number of nitrogens with zero attached hydrogens (tertiary/aromatic N) is 3. The number of aromatic nitrogens is 3. The van der Waals surface area contributed by atoms with Crippen LogP contribution < -0.4 is 9.47 Å². The van der Waals surface area contributed by atoms with Crippen molar-refractivity contribution < 1.29 is 23.4 Å². The summed E-state index contributed by atoms with van der Waals surface area (Å²) < 4.78 is 24.2. The molecule has 0 atom stereocenters. The number of esters is 1. The fraction of sp³-hybridized carbons (Fsp3) is 0.242. The molecule has 0 fully saturated rings. The van der Waals surface area contributed by atoms with Crippen molar-refractivity contribution in [2.24, 2.45) is 0 Å². The maximum Gasteiger partial charge on any atom is 0.306 e. The number of oxazole rings is 1. The lowest BCUT2D eigenvalue weighted by molar-refractivity contribution is -0.143. The van der Waals surface area contributed by atoms with Crippen LogP contribution in [0.4, 0.5) is 0 Å². The van der Waals surface area contributed by atoms with Crippen molar-refractivity contribution in [3.05, 3.63) is 108 Å². The molecule has 0 aliphatic carbocycles. The molecule has 8 nitrogen and oxygen atoms in total. The average Bonchev–Trinajstić information content (AvgIpc) is 3.59. The van der Waals surface area contributed by atoms with Crippen LogP contribution in [-0.4, -0.2) is 34.5 Å². The molecule has 210 valence electrons. The van der Waals surface area contributed by atoms with Gasteiger partial charge in [0.1, 0.15) is 29.6 Å². The molecule has 0 saturated heterocycles. The van der Waals surface area contributed by atoms with Gasteiger partial charge in [0.15, 0.2) is 0 Å². The van der Waals surface area contributed by atoms with E-state index in [2.05, 4.69) is 4.98 Å². The number of benzene rings is 3.